The third-order valence-electron chi connectivity index (χ3n) is 4.66. The van der Waals surface area contributed by atoms with Crippen molar-refractivity contribution in [3.63, 3.8) is 0 Å². The Morgan fingerprint density at radius 2 is 1.76 bits per heavy atom. The summed E-state index contributed by atoms with van der Waals surface area (Å²) in [5, 5.41) is 0.300. The summed E-state index contributed by atoms with van der Waals surface area (Å²) in [5.41, 5.74) is 0.0435. The Hall–Kier alpha value is -2.38. The molecule has 0 aliphatic heterocycles. The van der Waals surface area contributed by atoms with E-state index >= 15 is 0 Å². The molecule has 8 heteroatoms. The average molecular weight is 354 g/mol. The van der Waals surface area contributed by atoms with E-state index in [0.29, 0.717) is 28.2 Å². The Kier molecular flexibility index (Phi) is 4.53. The predicted molar refractivity (Wildman–Crippen MR) is 88.1 cm³/mol. The molecule has 0 N–H and O–H groups in total. The number of fused-ring (bicyclic) bond motifs is 1. The van der Waals surface area contributed by atoms with Crippen LogP contribution in [0.4, 0.5) is 8.78 Å². The molecular weight excluding hydrogens is 334 g/mol. The summed E-state index contributed by atoms with van der Waals surface area (Å²) in [7, 11) is 4.38. The molecule has 0 bridgehead atoms. The molecule has 0 radical (unpaired) electrons. The smallest absolute Gasteiger partial charge is 0.261 e. The molecule has 0 atom stereocenters. The van der Waals surface area contributed by atoms with Gasteiger partial charge in [0.2, 0.25) is 11.7 Å². The summed E-state index contributed by atoms with van der Waals surface area (Å²) in [6.07, 6.45) is 1.43. The Morgan fingerprint density at radius 1 is 1.12 bits per heavy atom. The number of halogens is 2. The Labute approximate surface area is 143 Å². The maximum absolute atomic E-state index is 13.4. The minimum absolute atomic E-state index is 0.225. The van der Waals surface area contributed by atoms with Gasteiger partial charge in [-0.2, -0.15) is 0 Å². The number of rotatable bonds is 4. The summed E-state index contributed by atoms with van der Waals surface area (Å²) < 4.78 is 44.1. The molecule has 1 aromatic heterocycles. The fourth-order valence-corrected chi connectivity index (χ4v) is 3.31. The highest BCUT2D eigenvalue weighted by atomic mass is 19.3. The second-order valence-electron chi connectivity index (χ2n) is 6.09. The van der Waals surface area contributed by atoms with Crippen molar-refractivity contribution in [2.45, 2.75) is 37.6 Å². The van der Waals surface area contributed by atoms with Crippen LogP contribution >= 0.6 is 0 Å². The highest BCUT2D eigenvalue weighted by Gasteiger charge is 2.36. The zero-order chi connectivity index (χ0) is 18.2. The SMILES string of the molecule is COc1cc2c(=O)n(C3CCC(F)(F)CC3)cnc2c(OC)c1OC. The molecule has 25 heavy (non-hydrogen) atoms. The van der Waals surface area contributed by atoms with Crippen molar-refractivity contribution >= 4 is 10.9 Å². The van der Waals surface area contributed by atoms with Crippen molar-refractivity contribution in [1.29, 1.82) is 0 Å². The number of ether oxygens (including phenoxy) is 3. The third-order valence-corrected chi connectivity index (χ3v) is 4.66. The van der Waals surface area contributed by atoms with Gasteiger partial charge < -0.3 is 14.2 Å². The van der Waals surface area contributed by atoms with Crippen molar-refractivity contribution in [3.8, 4) is 17.2 Å². The molecule has 1 saturated carbocycles. The van der Waals surface area contributed by atoms with E-state index in [2.05, 4.69) is 4.98 Å². The highest BCUT2D eigenvalue weighted by Crippen LogP contribution is 2.42. The lowest BCUT2D eigenvalue weighted by molar-refractivity contribution is -0.0442. The van der Waals surface area contributed by atoms with Crippen LogP contribution in [0.5, 0.6) is 17.2 Å². The maximum atomic E-state index is 13.4. The minimum atomic E-state index is -2.65. The van der Waals surface area contributed by atoms with Crippen LogP contribution in [0.2, 0.25) is 0 Å². The number of aromatic nitrogens is 2. The quantitative estimate of drug-likeness (QED) is 0.844. The van der Waals surface area contributed by atoms with E-state index in [9.17, 15) is 13.6 Å². The summed E-state index contributed by atoms with van der Waals surface area (Å²) in [6, 6.07) is 1.25. The van der Waals surface area contributed by atoms with Gasteiger partial charge in [-0.3, -0.25) is 9.36 Å². The van der Waals surface area contributed by atoms with E-state index < -0.39 is 5.92 Å². The first kappa shape index (κ1) is 17.4. The van der Waals surface area contributed by atoms with Crippen molar-refractivity contribution in [3.05, 3.63) is 22.7 Å². The Morgan fingerprint density at radius 3 is 2.32 bits per heavy atom. The van der Waals surface area contributed by atoms with Crippen LogP contribution < -0.4 is 19.8 Å². The van der Waals surface area contributed by atoms with Gasteiger partial charge in [0.25, 0.3) is 5.56 Å². The molecule has 2 aromatic rings. The van der Waals surface area contributed by atoms with Gasteiger partial charge in [0.05, 0.1) is 33.0 Å². The molecule has 1 aromatic carbocycles. The van der Waals surface area contributed by atoms with Crippen LogP contribution in [0.25, 0.3) is 10.9 Å². The van der Waals surface area contributed by atoms with Crippen molar-refractivity contribution in [2.24, 2.45) is 0 Å². The first-order valence-electron chi connectivity index (χ1n) is 7.99. The molecule has 0 spiro atoms. The van der Waals surface area contributed by atoms with Crippen molar-refractivity contribution in [2.75, 3.05) is 21.3 Å². The number of nitrogens with zero attached hydrogens (tertiary/aromatic N) is 2. The van der Waals surface area contributed by atoms with Gasteiger partial charge in [0.15, 0.2) is 11.5 Å². The number of hydrogen-bond donors (Lipinski definition) is 0. The lowest BCUT2D eigenvalue weighted by atomic mass is 9.92. The van der Waals surface area contributed by atoms with Gasteiger partial charge in [-0.25, -0.2) is 13.8 Å². The van der Waals surface area contributed by atoms with E-state index in [1.165, 1.54) is 32.2 Å². The van der Waals surface area contributed by atoms with Crippen molar-refractivity contribution in [1.82, 2.24) is 9.55 Å². The summed E-state index contributed by atoms with van der Waals surface area (Å²) >= 11 is 0. The zero-order valence-electron chi connectivity index (χ0n) is 14.3. The standard InChI is InChI=1S/C17H20F2N2O4/c1-23-12-8-11-13(15(25-3)14(12)24-2)20-9-21(16(11)22)10-4-6-17(18,19)7-5-10/h8-10H,4-7H2,1-3H3. The van der Waals surface area contributed by atoms with Crippen molar-refractivity contribution < 1.29 is 23.0 Å². The van der Waals surface area contributed by atoms with E-state index in [1.807, 2.05) is 0 Å². The van der Waals surface area contributed by atoms with E-state index in [1.54, 1.807) is 6.07 Å². The van der Waals surface area contributed by atoms with Crippen LogP contribution in [-0.2, 0) is 0 Å². The highest BCUT2D eigenvalue weighted by molar-refractivity contribution is 5.89. The molecule has 3 rings (SSSR count). The molecule has 1 aliphatic carbocycles. The number of methoxy groups -OCH3 is 3. The Bertz CT molecular complexity index is 841. The summed E-state index contributed by atoms with van der Waals surface area (Å²) in [4.78, 5) is 17.2. The van der Waals surface area contributed by atoms with Gasteiger partial charge >= 0.3 is 0 Å². The molecule has 1 fully saturated rings. The molecular formula is C17H20F2N2O4. The first-order valence-corrected chi connectivity index (χ1v) is 7.99. The fraction of sp³-hybridized carbons (Fsp3) is 0.529. The summed E-state index contributed by atoms with van der Waals surface area (Å²) in [5.74, 6) is -1.65. The number of alkyl halides is 2. The first-order chi connectivity index (χ1) is 11.9. The lowest BCUT2D eigenvalue weighted by Gasteiger charge is -2.29. The fourth-order valence-electron chi connectivity index (χ4n) is 3.31. The monoisotopic (exact) mass is 354 g/mol. The van der Waals surface area contributed by atoms with Crippen LogP contribution in [0.1, 0.15) is 31.7 Å². The largest absolute Gasteiger partial charge is 0.493 e. The van der Waals surface area contributed by atoms with Gasteiger partial charge in [0, 0.05) is 18.9 Å². The van der Waals surface area contributed by atoms with Crippen LogP contribution in [0.15, 0.2) is 17.2 Å². The minimum Gasteiger partial charge on any atom is -0.493 e. The van der Waals surface area contributed by atoms with Crippen LogP contribution in [0.3, 0.4) is 0 Å². The normalized spacial score (nSPS) is 17.5. The molecule has 0 saturated heterocycles. The van der Waals surface area contributed by atoms with E-state index in [4.69, 9.17) is 14.2 Å². The van der Waals surface area contributed by atoms with Crippen LogP contribution in [-0.4, -0.2) is 36.8 Å². The lowest BCUT2D eigenvalue weighted by Crippen LogP contribution is -2.32. The molecule has 0 amide bonds. The molecule has 6 nitrogen and oxygen atoms in total. The topological polar surface area (TPSA) is 62.6 Å². The number of benzene rings is 1. The summed E-state index contributed by atoms with van der Waals surface area (Å²) in [6.45, 7) is 0. The molecule has 1 heterocycles. The third kappa shape index (κ3) is 3.01. The number of hydrogen-bond acceptors (Lipinski definition) is 5. The van der Waals surface area contributed by atoms with E-state index in [-0.39, 0.29) is 37.3 Å². The van der Waals surface area contributed by atoms with Gasteiger partial charge in [-0.15, -0.1) is 0 Å². The predicted octanol–water partition coefficient (Wildman–Crippen LogP) is 3.17. The molecule has 0 unspecified atom stereocenters. The van der Waals surface area contributed by atoms with Gasteiger partial charge in [-0.05, 0) is 18.9 Å². The zero-order valence-corrected chi connectivity index (χ0v) is 14.3. The maximum Gasteiger partial charge on any atom is 0.261 e. The molecule has 1 aliphatic rings. The van der Waals surface area contributed by atoms with Gasteiger partial charge in [0.1, 0.15) is 5.52 Å². The molecule has 136 valence electrons. The second kappa shape index (κ2) is 6.50. The Balaban J connectivity index is 2.13. The van der Waals surface area contributed by atoms with Gasteiger partial charge in [-0.1, -0.05) is 0 Å². The van der Waals surface area contributed by atoms with E-state index in [0.717, 1.165) is 0 Å². The second-order valence-corrected chi connectivity index (χ2v) is 6.09. The average Bonchev–Trinajstić information content (AvgIpc) is 2.61. The van der Waals surface area contributed by atoms with Crippen LogP contribution in [0, 0.1) is 0 Å².